The van der Waals surface area contributed by atoms with Gasteiger partial charge in [-0.3, -0.25) is 14.4 Å². The highest BCUT2D eigenvalue weighted by molar-refractivity contribution is 6.40. The molecule has 168 valence electrons. The summed E-state index contributed by atoms with van der Waals surface area (Å²) in [5, 5.41) is 8.86. The van der Waals surface area contributed by atoms with Gasteiger partial charge in [-0.25, -0.2) is 5.01 Å². The third kappa shape index (κ3) is 5.32. The van der Waals surface area contributed by atoms with Crippen LogP contribution in [0.15, 0.2) is 23.3 Å². The number of rotatable bonds is 6. The molecule has 1 aromatic rings. The summed E-state index contributed by atoms with van der Waals surface area (Å²) in [6.45, 7) is 9.34. The zero-order valence-corrected chi connectivity index (χ0v) is 19.1. The highest BCUT2D eigenvalue weighted by atomic mass is 16.2. The third-order valence-corrected chi connectivity index (χ3v) is 6.36. The number of benzene rings is 1. The number of amides is 3. The molecule has 0 unspecified atom stereocenters. The normalized spacial score (nSPS) is 17.7. The van der Waals surface area contributed by atoms with Gasteiger partial charge in [-0.15, -0.1) is 0 Å². The second-order valence-corrected chi connectivity index (χ2v) is 8.63. The van der Waals surface area contributed by atoms with E-state index >= 15 is 0 Å². The first-order chi connectivity index (χ1) is 14.8. The van der Waals surface area contributed by atoms with E-state index in [1.165, 1.54) is 5.01 Å². The molecule has 31 heavy (non-hydrogen) atoms. The summed E-state index contributed by atoms with van der Waals surface area (Å²) in [5.41, 5.74) is 3.09. The van der Waals surface area contributed by atoms with Gasteiger partial charge in [0, 0.05) is 37.9 Å². The van der Waals surface area contributed by atoms with Crippen molar-refractivity contribution in [2.24, 2.45) is 11.0 Å². The molecule has 7 heteroatoms. The van der Waals surface area contributed by atoms with E-state index in [1.807, 2.05) is 36.9 Å². The molecule has 0 bridgehead atoms. The van der Waals surface area contributed by atoms with Crippen LogP contribution in [-0.2, 0) is 14.4 Å². The maximum Gasteiger partial charge on any atom is 0.267 e. The third-order valence-electron chi connectivity index (χ3n) is 6.36. The Balaban J connectivity index is 1.62. The lowest BCUT2D eigenvalue weighted by Crippen LogP contribution is -2.50. The summed E-state index contributed by atoms with van der Waals surface area (Å²) in [4.78, 5) is 39.8. The first-order valence-electron chi connectivity index (χ1n) is 11.4. The molecule has 7 nitrogen and oxygen atoms in total. The number of nitrogens with zero attached hydrogens (tertiary/aromatic N) is 3. The Morgan fingerprint density at radius 1 is 1.13 bits per heavy atom. The molecule has 1 aromatic carbocycles. The Morgan fingerprint density at radius 3 is 2.45 bits per heavy atom. The first-order valence-corrected chi connectivity index (χ1v) is 11.4. The van der Waals surface area contributed by atoms with E-state index in [0.717, 1.165) is 42.5 Å². The van der Waals surface area contributed by atoms with Crippen LogP contribution in [0.1, 0.15) is 63.5 Å². The molecule has 0 aromatic heterocycles. The van der Waals surface area contributed by atoms with Crippen molar-refractivity contribution in [2.75, 3.05) is 18.1 Å². The number of nitrogens with one attached hydrogen (secondary N) is 1. The zero-order valence-electron chi connectivity index (χ0n) is 19.1. The SMILES string of the molecule is CCC(CC)C(=O)N1CCC(NC(=O)C2=NN(c3cc(C)ccc3C)C(=O)CC2)CC1. The highest BCUT2D eigenvalue weighted by Gasteiger charge is 2.30. The van der Waals surface area contributed by atoms with Crippen LogP contribution in [0.5, 0.6) is 0 Å². The van der Waals surface area contributed by atoms with Crippen molar-refractivity contribution in [2.45, 2.75) is 72.3 Å². The fraction of sp³-hybridized carbons (Fsp3) is 0.583. The van der Waals surface area contributed by atoms with Crippen molar-refractivity contribution in [3.8, 4) is 0 Å². The van der Waals surface area contributed by atoms with Gasteiger partial charge >= 0.3 is 0 Å². The fourth-order valence-electron chi connectivity index (χ4n) is 4.26. The summed E-state index contributed by atoms with van der Waals surface area (Å²) >= 11 is 0. The van der Waals surface area contributed by atoms with Crippen molar-refractivity contribution in [1.82, 2.24) is 10.2 Å². The number of hydrazone groups is 1. The Hall–Kier alpha value is -2.70. The van der Waals surface area contributed by atoms with Crippen LogP contribution in [0, 0.1) is 19.8 Å². The Morgan fingerprint density at radius 2 is 1.81 bits per heavy atom. The van der Waals surface area contributed by atoms with E-state index in [4.69, 9.17) is 0 Å². The molecule has 0 saturated carbocycles. The standard InChI is InChI=1S/C24H34N4O3/c1-5-18(6-2)24(31)27-13-11-19(12-14-27)25-23(30)20-9-10-22(29)28(26-20)21-15-16(3)7-8-17(21)4/h7-8,15,18-19H,5-6,9-14H2,1-4H3,(H,25,30). The molecule has 0 atom stereocenters. The number of hydrogen-bond acceptors (Lipinski definition) is 4. The van der Waals surface area contributed by atoms with E-state index in [1.54, 1.807) is 0 Å². The largest absolute Gasteiger partial charge is 0.348 e. The summed E-state index contributed by atoms with van der Waals surface area (Å²) in [5.74, 6) is 0.0106. The molecule has 0 spiro atoms. The first kappa shape index (κ1) is 23.0. The van der Waals surface area contributed by atoms with Gasteiger partial charge in [0.05, 0.1) is 5.69 Å². The van der Waals surface area contributed by atoms with Crippen LogP contribution in [0.2, 0.25) is 0 Å². The van der Waals surface area contributed by atoms with Crippen molar-refractivity contribution in [1.29, 1.82) is 0 Å². The second-order valence-electron chi connectivity index (χ2n) is 8.63. The maximum absolute atomic E-state index is 12.9. The molecule has 1 fully saturated rings. The minimum atomic E-state index is -0.215. The van der Waals surface area contributed by atoms with Crippen molar-refractivity contribution < 1.29 is 14.4 Å². The predicted molar refractivity (Wildman–Crippen MR) is 122 cm³/mol. The number of aryl methyl sites for hydroxylation is 2. The lowest BCUT2D eigenvalue weighted by Gasteiger charge is -2.34. The van der Waals surface area contributed by atoms with Crippen molar-refractivity contribution in [3.63, 3.8) is 0 Å². The van der Waals surface area contributed by atoms with Gasteiger partial charge in [-0.2, -0.15) is 5.10 Å². The molecule has 2 aliphatic rings. The molecular formula is C24H34N4O3. The second kappa shape index (κ2) is 10.1. The van der Waals surface area contributed by atoms with E-state index in [0.29, 0.717) is 25.2 Å². The van der Waals surface area contributed by atoms with Crippen LogP contribution in [0.25, 0.3) is 0 Å². The molecule has 3 rings (SSSR count). The minimum absolute atomic E-state index is 0.0211. The fourth-order valence-corrected chi connectivity index (χ4v) is 4.26. The van der Waals surface area contributed by atoms with E-state index < -0.39 is 0 Å². The molecular weight excluding hydrogens is 392 g/mol. The van der Waals surface area contributed by atoms with Gasteiger partial charge in [-0.05, 0) is 56.7 Å². The van der Waals surface area contributed by atoms with Crippen LogP contribution >= 0.6 is 0 Å². The van der Waals surface area contributed by atoms with Crippen LogP contribution < -0.4 is 10.3 Å². The maximum atomic E-state index is 12.9. The van der Waals surface area contributed by atoms with E-state index in [2.05, 4.69) is 24.3 Å². The predicted octanol–water partition coefficient (Wildman–Crippen LogP) is 3.33. The lowest BCUT2D eigenvalue weighted by atomic mass is 9.98. The van der Waals surface area contributed by atoms with Gasteiger partial charge in [0.15, 0.2) is 0 Å². The molecule has 0 aliphatic carbocycles. The number of carbonyl (C=O) groups excluding carboxylic acids is 3. The summed E-state index contributed by atoms with van der Waals surface area (Å²) in [6.07, 6.45) is 3.82. The summed E-state index contributed by atoms with van der Waals surface area (Å²) in [7, 11) is 0. The van der Waals surface area contributed by atoms with E-state index in [9.17, 15) is 14.4 Å². The Labute approximate surface area is 184 Å². The van der Waals surface area contributed by atoms with Gasteiger partial charge in [0.2, 0.25) is 11.8 Å². The lowest BCUT2D eigenvalue weighted by molar-refractivity contribution is -0.136. The van der Waals surface area contributed by atoms with Crippen molar-refractivity contribution in [3.05, 3.63) is 29.3 Å². The number of anilines is 1. The Bertz CT molecular complexity index is 868. The van der Waals surface area contributed by atoms with E-state index in [-0.39, 0.29) is 36.1 Å². The smallest absolute Gasteiger partial charge is 0.267 e. The number of likely N-dealkylation sites (tertiary alicyclic amines) is 1. The monoisotopic (exact) mass is 426 g/mol. The minimum Gasteiger partial charge on any atom is -0.348 e. The summed E-state index contributed by atoms with van der Waals surface area (Å²) in [6, 6.07) is 5.89. The van der Waals surface area contributed by atoms with Crippen LogP contribution in [0.3, 0.4) is 0 Å². The molecule has 1 saturated heterocycles. The van der Waals surface area contributed by atoms with Gasteiger partial charge in [-0.1, -0.05) is 26.0 Å². The molecule has 1 N–H and O–H groups in total. The van der Waals surface area contributed by atoms with Crippen LogP contribution in [-0.4, -0.2) is 47.5 Å². The number of piperidine rings is 1. The average molecular weight is 427 g/mol. The Kier molecular flexibility index (Phi) is 7.46. The van der Waals surface area contributed by atoms with Crippen LogP contribution in [0.4, 0.5) is 5.69 Å². The average Bonchev–Trinajstić information content (AvgIpc) is 2.77. The van der Waals surface area contributed by atoms with Gasteiger partial charge in [0.25, 0.3) is 5.91 Å². The molecule has 2 heterocycles. The van der Waals surface area contributed by atoms with Gasteiger partial charge < -0.3 is 10.2 Å². The molecule has 2 aliphatic heterocycles. The topological polar surface area (TPSA) is 82.1 Å². The number of carbonyl (C=O) groups is 3. The van der Waals surface area contributed by atoms with Crippen molar-refractivity contribution >= 4 is 29.1 Å². The molecule has 0 radical (unpaired) electrons. The zero-order chi connectivity index (χ0) is 22.5. The quantitative estimate of drug-likeness (QED) is 0.757. The summed E-state index contributed by atoms with van der Waals surface area (Å²) < 4.78 is 0. The highest BCUT2D eigenvalue weighted by Crippen LogP contribution is 2.25. The van der Waals surface area contributed by atoms with Gasteiger partial charge in [0.1, 0.15) is 5.71 Å². The molecule has 3 amide bonds. The number of hydrogen-bond donors (Lipinski definition) is 1.